The van der Waals surface area contributed by atoms with Gasteiger partial charge in [-0.2, -0.15) is 0 Å². The summed E-state index contributed by atoms with van der Waals surface area (Å²) in [6.07, 6.45) is 6.13. The third-order valence-electron chi connectivity index (χ3n) is 4.14. The topological polar surface area (TPSA) is 29.1 Å². The monoisotopic (exact) mass is 297 g/mol. The molecule has 0 spiro atoms. The lowest BCUT2D eigenvalue weighted by Gasteiger charge is -2.35. The van der Waals surface area contributed by atoms with Crippen LogP contribution in [0.4, 0.5) is 4.39 Å². The van der Waals surface area contributed by atoms with Gasteiger partial charge in [-0.25, -0.2) is 4.39 Å². The first-order chi connectivity index (χ1) is 9.63. The molecule has 20 heavy (non-hydrogen) atoms. The lowest BCUT2D eigenvalue weighted by Crippen LogP contribution is -2.40. The van der Waals surface area contributed by atoms with Gasteiger partial charge in [0.2, 0.25) is 5.91 Å². The van der Waals surface area contributed by atoms with Crippen LogP contribution < -0.4 is 5.32 Å². The molecule has 0 aliphatic heterocycles. The molecule has 4 heteroatoms. The Balaban J connectivity index is 1.83. The van der Waals surface area contributed by atoms with Crippen molar-refractivity contribution in [1.29, 1.82) is 0 Å². The quantitative estimate of drug-likeness (QED) is 0.826. The molecule has 1 saturated carbocycles. The Morgan fingerprint density at radius 3 is 2.45 bits per heavy atom. The Morgan fingerprint density at radius 1 is 1.20 bits per heavy atom. The number of benzene rings is 1. The van der Waals surface area contributed by atoms with Crippen LogP contribution in [0, 0.1) is 11.2 Å². The summed E-state index contributed by atoms with van der Waals surface area (Å²) in [4.78, 5) is 12.0. The molecule has 1 aromatic carbocycles. The second kappa shape index (κ2) is 7.07. The summed E-state index contributed by atoms with van der Waals surface area (Å²) < 4.78 is 12.8. The molecule has 0 heterocycles. The van der Waals surface area contributed by atoms with E-state index in [0.717, 1.165) is 18.4 Å². The van der Waals surface area contributed by atoms with E-state index in [1.807, 2.05) is 0 Å². The number of carbonyl (C=O) groups excluding carboxylic acids is 1. The van der Waals surface area contributed by atoms with E-state index in [1.54, 1.807) is 12.1 Å². The van der Waals surface area contributed by atoms with E-state index in [0.29, 0.717) is 18.8 Å². The minimum absolute atomic E-state index is 0.0216. The normalized spacial score (nSPS) is 17.7. The van der Waals surface area contributed by atoms with Crippen LogP contribution in [0.5, 0.6) is 0 Å². The Morgan fingerprint density at radius 2 is 1.85 bits per heavy atom. The van der Waals surface area contributed by atoms with Crippen LogP contribution in [0.15, 0.2) is 24.3 Å². The second-order valence-corrected chi connectivity index (χ2v) is 6.04. The highest BCUT2D eigenvalue weighted by Gasteiger charge is 2.31. The molecular weight excluding hydrogens is 277 g/mol. The fourth-order valence-corrected chi connectivity index (χ4v) is 3.16. The first-order valence-electron chi connectivity index (χ1n) is 7.21. The molecule has 1 fully saturated rings. The number of halogens is 2. The number of rotatable bonds is 5. The molecule has 2 nitrogen and oxygen atoms in total. The van der Waals surface area contributed by atoms with Crippen molar-refractivity contribution in [2.24, 2.45) is 5.41 Å². The predicted molar refractivity (Wildman–Crippen MR) is 79.4 cm³/mol. The summed E-state index contributed by atoms with van der Waals surface area (Å²) in [7, 11) is 0. The second-order valence-electron chi connectivity index (χ2n) is 5.77. The van der Waals surface area contributed by atoms with E-state index in [2.05, 4.69) is 5.32 Å². The minimum atomic E-state index is -0.280. The van der Waals surface area contributed by atoms with E-state index in [4.69, 9.17) is 11.6 Å². The zero-order chi connectivity index (χ0) is 14.4. The number of carbonyl (C=O) groups is 1. The molecule has 0 aromatic heterocycles. The molecule has 2 rings (SSSR count). The highest BCUT2D eigenvalue weighted by Crippen LogP contribution is 2.36. The van der Waals surface area contributed by atoms with Crippen LogP contribution in [-0.4, -0.2) is 18.3 Å². The number of nitrogens with one attached hydrogen (secondary N) is 1. The highest BCUT2D eigenvalue weighted by atomic mass is 35.5. The summed E-state index contributed by atoms with van der Waals surface area (Å²) >= 11 is 6.11. The van der Waals surface area contributed by atoms with Crippen LogP contribution in [0.1, 0.15) is 37.7 Å². The first-order valence-corrected chi connectivity index (χ1v) is 7.74. The Labute approximate surface area is 124 Å². The third kappa shape index (κ3) is 4.20. The zero-order valence-electron chi connectivity index (χ0n) is 11.6. The summed E-state index contributed by atoms with van der Waals surface area (Å²) in [5, 5.41) is 2.99. The van der Waals surface area contributed by atoms with Gasteiger partial charge in [-0.05, 0) is 30.5 Å². The van der Waals surface area contributed by atoms with Crippen molar-refractivity contribution in [2.75, 3.05) is 12.4 Å². The molecule has 0 atom stereocenters. The van der Waals surface area contributed by atoms with Gasteiger partial charge in [-0.1, -0.05) is 31.4 Å². The third-order valence-corrected chi connectivity index (χ3v) is 4.70. The maximum atomic E-state index is 12.8. The molecular formula is C16H21ClFNO. The average Bonchev–Trinajstić information content (AvgIpc) is 2.49. The molecule has 0 bridgehead atoms. The van der Waals surface area contributed by atoms with Gasteiger partial charge in [0.05, 0.1) is 6.42 Å². The van der Waals surface area contributed by atoms with Gasteiger partial charge in [-0.3, -0.25) is 4.79 Å². The zero-order valence-corrected chi connectivity index (χ0v) is 12.4. The number of alkyl halides is 1. The lowest BCUT2D eigenvalue weighted by atomic mass is 9.75. The van der Waals surface area contributed by atoms with Crippen molar-refractivity contribution >= 4 is 17.5 Å². The number of hydrogen-bond acceptors (Lipinski definition) is 1. The fraction of sp³-hybridized carbons (Fsp3) is 0.562. The molecule has 1 aliphatic carbocycles. The SMILES string of the molecule is O=C(Cc1ccc(F)cc1)NCC1(CCl)CCCCC1. The van der Waals surface area contributed by atoms with E-state index in [-0.39, 0.29) is 17.1 Å². The molecule has 1 aliphatic rings. The molecule has 110 valence electrons. The molecule has 1 N–H and O–H groups in total. The summed E-state index contributed by atoms with van der Waals surface area (Å²) in [6, 6.07) is 6.05. The predicted octanol–water partition coefficient (Wildman–Crippen LogP) is 3.67. The van der Waals surface area contributed by atoms with Gasteiger partial charge in [0.15, 0.2) is 0 Å². The van der Waals surface area contributed by atoms with Crippen molar-refractivity contribution in [3.63, 3.8) is 0 Å². The van der Waals surface area contributed by atoms with Crippen molar-refractivity contribution in [1.82, 2.24) is 5.32 Å². The molecule has 1 aromatic rings. The standard InChI is InChI=1S/C16H21ClFNO/c17-11-16(8-2-1-3-9-16)12-19-15(20)10-13-4-6-14(18)7-5-13/h4-7H,1-3,8-12H2,(H,19,20). The van der Waals surface area contributed by atoms with Crippen LogP contribution in [-0.2, 0) is 11.2 Å². The van der Waals surface area contributed by atoms with E-state index in [9.17, 15) is 9.18 Å². The first kappa shape index (κ1) is 15.3. The van der Waals surface area contributed by atoms with E-state index >= 15 is 0 Å². The van der Waals surface area contributed by atoms with Crippen molar-refractivity contribution in [3.8, 4) is 0 Å². The van der Waals surface area contributed by atoms with Crippen LogP contribution in [0.2, 0.25) is 0 Å². The van der Waals surface area contributed by atoms with Gasteiger partial charge < -0.3 is 5.32 Å². The van der Waals surface area contributed by atoms with Crippen molar-refractivity contribution in [2.45, 2.75) is 38.5 Å². The van der Waals surface area contributed by atoms with Crippen LogP contribution in [0.3, 0.4) is 0 Å². The summed E-state index contributed by atoms with van der Waals surface area (Å²) in [6.45, 7) is 0.649. The summed E-state index contributed by atoms with van der Waals surface area (Å²) in [5.74, 6) is 0.299. The molecule has 0 saturated heterocycles. The molecule has 1 amide bonds. The van der Waals surface area contributed by atoms with Gasteiger partial charge in [0.1, 0.15) is 5.82 Å². The Hall–Kier alpha value is -1.09. The molecule has 0 unspecified atom stereocenters. The largest absolute Gasteiger partial charge is 0.355 e. The fourth-order valence-electron chi connectivity index (χ4n) is 2.80. The van der Waals surface area contributed by atoms with E-state index < -0.39 is 0 Å². The van der Waals surface area contributed by atoms with Gasteiger partial charge >= 0.3 is 0 Å². The van der Waals surface area contributed by atoms with E-state index in [1.165, 1.54) is 31.4 Å². The Kier molecular flexibility index (Phi) is 5.41. The van der Waals surface area contributed by atoms with Gasteiger partial charge in [0.25, 0.3) is 0 Å². The van der Waals surface area contributed by atoms with Crippen molar-refractivity contribution < 1.29 is 9.18 Å². The maximum Gasteiger partial charge on any atom is 0.224 e. The average molecular weight is 298 g/mol. The van der Waals surface area contributed by atoms with Crippen LogP contribution in [0.25, 0.3) is 0 Å². The molecule has 0 radical (unpaired) electrons. The number of amides is 1. The van der Waals surface area contributed by atoms with Gasteiger partial charge in [-0.15, -0.1) is 11.6 Å². The van der Waals surface area contributed by atoms with Gasteiger partial charge in [0, 0.05) is 17.8 Å². The van der Waals surface area contributed by atoms with Crippen LogP contribution >= 0.6 is 11.6 Å². The highest BCUT2D eigenvalue weighted by molar-refractivity contribution is 6.18. The van der Waals surface area contributed by atoms with Crippen molar-refractivity contribution in [3.05, 3.63) is 35.6 Å². The number of hydrogen-bond donors (Lipinski definition) is 1. The minimum Gasteiger partial charge on any atom is -0.355 e. The Bertz CT molecular complexity index is 440. The lowest BCUT2D eigenvalue weighted by molar-refractivity contribution is -0.121. The smallest absolute Gasteiger partial charge is 0.224 e. The maximum absolute atomic E-state index is 12.8. The summed E-state index contributed by atoms with van der Waals surface area (Å²) in [5.41, 5.74) is 0.894.